The number of benzene rings is 2. The first kappa shape index (κ1) is 58.8. The van der Waals surface area contributed by atoms with Gasteiger partial charge in [0.2, 0.25) is 11.8 Å². The Kier molecular flexibility index (Phi) is 25.9. The van der Waals surface area contributed by atoms with E-state index >= 15 is 0 Å². The van der Waals surface area contributed by atoms with Gasteiger partial charge in [-0.3, -0.25) is 53.2 Å². The predicted octanol–water partition coefficient (Wildman–Crippen LogP) is -0.663. The highest BCUT2D eigenvalue weighted by molar-refractivity contribution is 5.97. The van der Waals surface area contributed by atoms with Crippen LogP contribution in [0.3, 0.4) is 0 Å². The van der Waals surface area contributed by atoms with E-state index in [9.17, 15) is 73.5 Å². The highest BCUT2D eigenvalue weighted by atomic mass is 16.4. The Labute approximate surface area is 415 Å². The van der Waals surface area contributed by atoms with Crippen molar-refractivity contribution < 1.29 is 78.6 Å². The van der Waals surface area contributed by atoms with Crippen molar-refractivity contribution >= 4 is 65.6 Å². The minimum atomic E-state index is -1.56. The zero-order chi connectivity index (χ0) is 53.0. The first-order chi connectivity index (χ1) is 34.3. The van der Waals surface area contributed by atoms with Crippen LogP contribution in [-0.2, 0) is 44.9 Å². The van der Waals surface area contributed by atoms with E-state index in [2.05, 4.69) is 26.6 Å². The van der Waals surface area contributed by atoms with Crippen molar-refractivity contribution in [3.63, 3.8) is 0 Å². The van der Waals surface area contributed by atoms with Gasteiger partial charge in [0.1, 0.15) is 18.1 Å². The molecule has 2 aromatic carbocycles. The number of amides is 5. The second kappa shape index (κ2) is 31.7. The zero-order valence-corrected chi connectivity index (χ0v) is 39.8. The lowest BCUT2D eigenvalue weighted by Gasteiger charge is -2.32. The largest absolute Gasteiger partial charge is 0.481 e. The zero-order valence-electron chi connectivity index (χ0n) is 39.8. The lowest BCUT2D eigenvalue weighted by molar-refractivity contribution is -0.141. The van der Waals surface area contributed by atoms with Gasteiger partial charge in [0.25, 0.3) is 5.91 Å². The van der Waals surface area contributed by atoms with Crippen LogP contribution in [0.5, 0.6) is 0 Å². The molecule has 72 heavy (non-hydrogen) atoms. The van der Waals surface area contributed by atoms with Gasteiger partial charge >= 0.3 is 41.8 Å². The first-order valence-corrected chi connectivity index (χ1v) is 23.2. The second-order valence-electron chi connectivity index (χ2n) is 17.0. The maximum atomic E-state index is 13.5. The number of nitrogens with one attached hydrogen (secondary N) is 5. The Balaban J connectivity index is 1.59. The van der Waals surface area contributed by atoms with Crippen LogP contribution in [0.15, 0.2) is 60.7 Å². The third kappa shape index (κ3) is 24.4. The van der Waals surface area contributed by atoms with Crippen molar-refractivity contribution in [1.29, 1.82) is 0 Å². The third-order valence-corrected chi connectivity index (χ3v) is 11.3. The molecule has 0 spiro atoms. The number of nitrogens with zero attached hydrogens (tertiary/aromatic N) is 4. The number of aliphatic carboxylic acids is 6. The summed E-state index contributed by atoms with van der Waals surface area (Å²) in [6.45, 7) is 1.10. The molecule has 1 heterocycles. The fourth-order valence-corrected chi connectivity index (χ4v) is 7.34. The van der Waals surface area contributed by atoms with E-state index in [-0.39, 0.29) is 129 Å². The Morgan fingerprint density at radius 1 is 0.528 bits per heavy atom. The van der Waals surface area contributed by atoms with E-state index in [0.717, 1.165) is 5.56 Å². The third-order valence-electron chi connectivity index (χ3n) is 11.3. The van der Waals surface area contributed by atoms with Gasteiger partial charge in [-0.25, -0.2) is 14.4 Å². The molecule has 11 N–H and O–H groups in total. The lowest BCUT2D eigenvalue weighted by atomic mass is 10.1. The number of urea groups is 1. The van der Waals surface area contributed by atoms with Crippen molar-refractivity contribution in [3.8, 4) is 0 Å². The summed E-state index contributed by atoms with van der Waals surface area (Å²) >= 11 is 0. The van der Waals surface area contributed by atoms with Crippen LogP contribution in [-0.4, -0.2) is 213 Å². The van der Waals surface area contributed by atoms with Crippen LogP contribution in [0.2, 0.25) is 0 Å². The second-order valence-corrected chi connectivity index (χ2v) is 17.0. The molecular formula is C47H65N9O16. The summed E-state index contributed by atoms with van der Waals surface area (Å²) in [6, 6.07) is 10.4. The minimum absolute atomic E-state index is 0.0714. The van der Waals surface area contributed by atoms with E-state index in [1.165, 1.54) is 12.1 Å². The monoisotopic (exact) mass is 1010 g/mol. The molecule has 1 aliphatic rings. The molecule has 0 saturated carbocycles. The Hall–Kier alpha value is -7.48. The summed E-state index contributed by atoms with van der Waals surface area (Å²) in [5.41, 5.74) is 1.71. The molecule has 1 saturated heterocycles. The standard InChI is InChI=1S/C47H65N9O16/c57-38(28-53-19-21-54(29-40(60)61)23-25-56(31-42(64)65)26-24-55(22-20-53)30-41(62)63)49-27-33-12-14-34(15-13-33)43(66)50-35(11-6-9-32-7-2-1-3-8-32)44(67)48-18-5-4-10-36(45(68)69)51-47(72)52-37(46(70)71)16-17-39(58)59/h1-3,6-9,12-15,35-37H,4-5,10-11,16-31H2,(H,48,67)(H,49,57)(H,50,66)(H,58,59)(H,60,61)(H,62,63)(H,64,65)(H,68,69)(H,70,71)(H2,51,52,72)/b9-6+/t35-,36-,37-/m0/s1. The van der Waals surface area contributed by atoms with Gasteiger partial charge in [-0.15, -0.1) is 0 Å². The van der Waals surface area contributed by atoms with Gasteiger partial charge < -0.3 is 57.2 Å². The van der Waals surface area contributed by atoms with E-state index in [4.69, 9.17) is 5.11 Å². The summed E-state index contributed by atoms with van der Waals surface area (Å²) < 4.78 is 0. The number of carbonyl (C=O) groups is 10. The Bertz CT molecular complexity index is 2150. The maximum absolute atomic E-state index is 13.5. The Morgan fingerprint density at radius 2 is 1.01 bits per heavy atom. The SMILES string of the molecule is O=C(O)CC[C@H](NC(=O)N[C@@H](CCCCNC(=O)[C@H](C/C=C/c1ccccc1)NC(=O)c1ccc(CNC(=O)CN2CCN(CC(=O)O)CCN(CC(=O)O)CCN(CC(=O)O)CC2)cc1)C(=O)O)C(=O)O. The molecule has 25 nitrogen and oxygen atoms in total. The molecule has 2 aromatic rings. The molecule has 3 rings (SSSR count). The molecule has 0 radical (unpaired) electrons. The van der Waals surface area contributed by atoms with Crippen LogP contribution in [0.4, 0.5) is 4.79 Å². The van der Waals surface area contributed by atoms with Crippen molar-refractivity contribution in [2.24, 2.45) is 0 Å². The first-order valence-electron chi connectivity index (χ1n) is 23.2. The van der Waals surface area contributed by atoms with Crippen LogP contribution < -0.4 is 26.6 Å². The highest BCUT2D eigenvalue weighted by Crippen LogP contribution is 2.10. The average Bonchev–Trinajstić information content (AvgIpc) is 3.31. The normalized spacial score (nSPS) is 15.6. The molecule has 1 aliphatic heterocycles. The van der Waals surface area contributed by atoms with Gasteiger partial charge in [-0.05, 0) is 55.4 Å². The fourth-order valence-electron chi connectivity index (χ4n) is 7.34. The molecule has 394 valence electrons. The number of carboxylic acid groups (broad SMARTS) is 6. The summed E-state index contributed by atoms with van der Waals surface area (Å²) in [4.78, 5) is 128. The molecule has 0 aromatic heterocycles. The van der Waals surface area contributed by atoms with Gasteiger partial charge in [-0.1, -0.05) is 54.6 Å². The van der Waals surface area contributed by atoms with E-state index in [1.54, 1.807) is 43.9 Å². The maximum Gasteiger partial charge on any atom is 0.326 e. The van der Waals surface area contributed by atoms with Gasteiger partial charge in [0.15, 0.2) is 0 Å². The average molecular weight is 1010 g/mol. The molecular weight excluding hydrogens is 947 g/mol. The van der Waals surface area contributed by atoms with Gasteiger partial charge in [-0.2, -0.15) is 0 Å². The van der Waals surface area contributed by atoms with Crippen molar-refractivity contribution in [3.05, 3.63) is 77.4 Å². The van der Waals surface area contributed by atoms with Gasteiger partial charge in [0, 0.05) is 77.4 Å². The van der Waals surface area contributed by atoms with Crippen LogP contribution in [0.1, 0.15) is 60.0 Å². The van der Waals surface area contributed by atoms with Gasteiger partial charge in [0.05, 0.1) is 26.2 Å². The number of hydrogen-bond acceptors (Lipinski definition) is 14. The van der Waals surface area contributed by atoms with Crippen LogP contribution in [0.25, 0.3) is 6.08 Å². The number of carbonyl (C=O) groups excluding carboxylic acids is 4. The quantitative estimate of drug-likeness (QED) is 0.0471. The molecule has 3 atom stereocenters. The topological polar surface area (TPSA) is 365 Å². The Morgan fingerprint density at radius 3 is 1.49 bits per heavy atom. The summed E-state index contributed by atoms with van der Waals surface area (Å²) in [6.07, 6.45) is 3.03. The molecule has 1 fully saturated rings. The smallest absolute Gasteiger partial charge is 0.326 e. The molecule has 5 amide bonds. The van der Waals surface area contributed by atoms with Crippen molar-refractivity contribution in [2.45, 2.75) is 63.2 Å². The predicted molar refractivity (Wildman–Crippen MR) is 257 cm³/mol. The summed E-state index contributed by atoms with van der Waals surface area (Å²) in [5, 5.41) is 68.7. The van der Waals surface area contributed by atoms with Crippen LogP contribution >= 0.6 is 0 Å². The van der Waals surface area contributed by atoms with Crippen molar-refractivity contribution in [1.82, 2.24) is 46.2 Å². The number of carboxylic acids is 6. The molecule has 0 aliphatic carbocycles. The summed E-state index contributed by atoms with van der Waals surface area (Å²) in [7, 11) is 0. The molecule has 0 bridgehead atoms. The fraction of sp³-hybridized carbons (Fsp3) is 0.489. The summed E-state index contributed by atoms with van der Waals surface area (Å²) in [5.74, 6) is -8.83. The molecule has 0 unspecified atom stereocenters. The number of hydrogen-bond donors (Lipinski definition) is 11. The van der Waals surface area contributed by atoms with E-state index < -0.39 is 84.6 Å². The van der Waals surface area contributed by atoms with Crippen molar-refractivity contribution in [2.75, 3.05) is 85.1 Å². The van der Waals surface area contributed by atoms with Crippen LogP contribution in [0, 0.1) is 0 Å². The van der Waals surface area contributed by atoms with E-state index in [1.807, 2.05) is 30.3 Å². The van der Waals surface area contributed by atoms with E-state index in [0.29, 0.717) is 5.56 Å². The number of rotatable bonds is 28. The minimum Gasteiger partial charge on any atom is -0.481 e. The molecule has 25 heteroatoms. The number of unbranched alkanes of at least 4 members (excludes halogenated alkanes) is 1. The highest BCUT2D eigenvalue weighted by Gasteiger charge is 2.26. The lowest BCUT2D eigenvalue weighted by Crippen LogP contribution is -2.51.